The van der Waals surface area contributed by atoms with Crippen LogP contribution in [0.1, 0.15) is 93.8 Å². The van der Waals surface area contributed by atoms with Gasteiger partial charge in [0, 0.05) is 31.6 Å². The molecule has 0 bridgehead atoms. The van der Waals surface area contributed by atoms with E-state index in [-0.39, 0.29) is 62.5 Å². The number of hydrogen-bond donors (Lipinski definition) is 10. The summed E-state index contributed by atoms with van der Waals surface area (Å²) in [4.78, 5) is 149. The molecule has 8 unspecified atom stereocenters. The summed E-state index contributed by atoms with van der Waals surface area (Å²) < 4.78 is 20.8. The van der Waals surface area contributed by atoms with Gasteiger partial charge in [0.05, 0.1) is 22.8 Å². The third kappa shape index (κ3) is 18.9. The molecule has 1 aromatic rings. The predicted octanol–water partition coefficient (Wildman–Crippen LogP) is -2.50. The van der Waals surface area contributed by atoms with Crippen molar-refractivity contribution in [2.45, 2.75) is 134 Å². The van der Waals surface area contributed by atoms with Gasteiger partial charge in [0.1, 0.15) is 48.0 Å². The van der Waals surface area contributed by atoms with E-state index in [0.29, 0.717) is 24.2 Å². The number of nitrogens with two attached hydrogens (primary N) is 3. The lowest BCUT2D eigenvalue weighted by molar-refractivity contribution is -0.142. The minimum atomic E-state index is -2.94. The van der Waals surface area contributed by atoms with Crippen molar-refractivity contribution in [3.8, 4) is 5.75 Å². The Labute approximate surface area is 408 Å². The molecule has 11 amide bonds. The first-order chi connectivity index (χ1) is 33.4. The average molecular weight is 990 g/mol. The summed E-state index contributed by atoms with van der Waals surface area (Å²) in [6, 6.07) is -2.99. The lowest BCUT2D eigenvalue weighted by Gasteiger charge is -2.31. The summed E-state index contributed by atoms with van der Waals surface area (Å²) in [5, 5.41) is 17.5. The third-order valence-corrected chi connectivity index (χ3v) is 12.6. The van der Waals surface area contributed by atoms with Crippen LogP contribution in [0.2, 0.25) is 0 Å². The van der Waals surface area contributed by atoms with Gasteiger partial charge in [0.2, 0.25) is 65.0 Å². The maximum atomic E-state index is 14.5. The fourth-order valence-electron chi connectivity index (χ4n) is 7.60. The van der Waals surface area contributed by atoms with E-state index < -0.39 is 133 Å². The Morgan fingerprint density at radius 2 is 1.49 bits per heavy atom. The number of methoxy groups -OCH3 is 1. The minimum absolute atomic E-state index is 0.00694. The first kappa shape index (κ1) is 53.5. The average Bonchev–Trinajstić information content (AvgIpc) is 3.80. The van der Waals surface area contributed by atoms with Crippen LogP contribution in [0.15, 0.2) is 24.3 Å². The van der Waals surface area contributed by atoms with Crippen molar-refractivity contribution in [2.75, 3.05) is 31.7 Å². The number of rotatable bonds is 18. The van der Waals surface area contributed by atoms with E-state index in [1.807, 2.05) is 5.32 Å². The van der Waals surface area contributed by atoms with E-state index in [2.05, 4.69) is 31.9 Å². The standard InChI is InChI=1S/C45H69N11O12S/c1-6-25(4)38-44(66)51-28(15-16-34(46)57)40(62)52-31(21-35(47)58)41(63)54-32(23-69-18-8-10-37(60)50-30(42(64)55-38)20-26-11-13-27(68-5)14-12-26)45(67)56-17-7-9-33(56)43(65)53-29(19-24(2)3)39(61)49-22-36(48)59/h11-14,24-25,28-33,38H,6-10,15-23H2,1-5H3,(H2,46,57)(H2,47,58)(H2,48,59)(H,49,61)(H,50,60)(H,51,66)(H,52,62)(H,53,65)(H,54,63)(H,55,64)/i22D2. The highest BCUT2D eigenvalue weighted by Crippen LogP contribution is 2.22. The molecule has 2 aliphatic heterocycles. The lowest BCUT2D eigenvalue weighted by Crippen LogP contribution is -2.61. The van der Waals surface area contributed by atoms with Gasteiger partial charge in [-0.25, -0.2) is 0 Å². The number of primary amides is 3. The van der Waals surface area contributed by atoms with Crippen molar-refractivity contribution in [1.82, 2.24) is 42.1 Å². The summed E-state index contributed by atoms with van der Waals surface area (Å²) in [5.41, 5.74) is 16.7. The number of ether oxygens (including phenoxy) is 1. The molecule has 13 N–H and O–H groups in total. The molecule has 0 aromatic heterocycles. The molecule has 2 fully saturated rings. The van der Waals surface area contributed by atoms with Crippen molar-refractivity contribution in [1.29, 1.82) is 0 Å². The Balaban J connectivity index is 2.03. The first-order valence-electron chi connectivity index (χ1n) is 23.9. The van der Waals surface area contributed by atoms with Crippen LogP contribution in [0.5, 0.6) is 5.75 Å². The molecule has 23 nitrogen and oxygen atoms in total. The third-order valence-electron chi connectivity index (χ3n) is 11.5. The summed E-state index contributed by atoms with van der Waals surface area (Å²) in [6.07, 6.45) is -0.666. The molecule has 382 valence electrons. The Hall–Kier alpha value is -6.46. The van der Waals surface area contributed by atoms with Gasteiger partial charge in [0.15, 0.2) is 0 Å². The largest absolute Gasteiger partial charge is 0.497 e. The molecular weight excluding hydrogens is 919 g/mol. The summed E-state index contributed by atoms with van der Waals surface area (Å²) in [5.74, 6) is -10.3. The van der Waals surface area contributed by atoms with Crippen LogP contribution in [0.25, 0.3) is 0 Å². The molecule has 2 aliphatic rings. The predicted molar refractivity (Wildman–Crippen MR) is 253 cm³/mol. The van der Waals surface area contributed by atoms with Crippen LogP contribution in [0.4, 0.5) is 0 Å². The van der Waals surface area contributed by atoms with Gasteiger partial charge in [-0.15, -0.1) is 0 Å². The smallest absolute Gasteiger partial charge is 0.246 e. The van der Waals surface area contributed by atoms with Crippen LogP contribution < -0.4 is 59.2 Å². The van der Waals surface area contributed by atoms with Crippen molar-refractivity contribution >= 4 is 76.7 Å². The summed E-state index contributed by atoms with van der Waals surface area (Å²) in [6.45, 7) is 4.00. The maximum absolute atomic E-state index is 14.5. The minimum Gasteiger partial charge on any atom is -0.497 e. The van der Waals surface area contributed by atoms with E-state index in [4.69, 9.17) is 24.7 Å². The second-order valence-electron chi connectivity index (χ2n) is 17.4. The fourth-order valence-corrected chi connectivity index (χ4v) is 8.57. The van der Waals surface area contributed by atoms with Crippen molar-refractivity contribution in [3.05, 3.63) is 29.8 Å². The molecule has 2 saturated heterocycles. The molecule has 8 atom stereocenters. The number of likely N-dealkylation sites (tertiary alicyclic amines) is 1. The zero-order valence-corrected chi connectivity index (χ0v) is 40.5. The van der Waals surface area contributed by atoms with Gasteiger partial charge in [-0.1, -0.05) is 46.2 Å². The van der Waals surface area contributed by atoms with Gasteiger partial charge >= 0.3 is 0 Å². The monoisotopic (exact) mass is 989 g/mol. The molecular formula is C45H69N11O12S. The second kappa shape index (κ2) is 28.1. The molecule has 0 radical (unpaired) electrons. The van der Waals surface area contributed by atoms with E-state index in [1.165, 1.54) is 12.0 Å². The SMILES string of the molecule is [2H]C([2H])(NC(=O)C(CC(C)C)NC(=O)C1CCCN1C(=O)C1CSCCCC(=O)NC(Cc2ccc(OC)cc2)C(=O)NC(C(C)CC)C(=O)NC(CCC(N)=O)C(=O)NC(CC(N)=O)C(=O)N1)C(N)=O. The van der Waals surface area contributed by atoms with Crippen molar-refractivity contribution < 1.29 is 60.2 Å². The highest BCUT2D eigenvalue weighted by Gasteiger charge is 2.40. The first-order valence-corrected chi connectivity index (χ1v) is 24.0. The molecule has 69 heavy (non-hydrogen) atoms. The zero-order valence-electron chi connectivity index (χ0n) is 41.7. The van der Waals surface area contributed by atoms with Gasteiger partial charge < -0.3 is 64.1 Å². The van der Waals surface area contributed by atoms with Crippen LogP contribution in [0, 0.1) is 11.8 Å². The highest BCUT2D eigenvalue weighted by atomic mass is 32.2. The molecule has 24 heteroatoms. The zero-order chi connectivity index (χ0) is 53.2. The highest BCUT2D eigenvalue weighted by molar-refractivity contribution is 7.99. The summed E-state index contributed by atoms with van der Waals surface area (Å²) in [7, 11) is 1.49. The number of amides is 11. The van der Waals surface area contributed by atoms with Crippen molar-refractivity contribution in [3.63, 3.8) is 0 Å². The van der Waals surface area contributed by atoms with Crippen molar-refractivity contribution in [2.24, 2.45) is 29.0 Å². The topological polar surface area (TPSA) is 363 Å². The number of thioether (sulfide) groups is 1. The maximum Gasteiger partial charge on any atom is 0.246 e. The lowest BCUT2D eigenvalue weighted by atomic mass is 9.96. The number of hydrogen-bond acceptors (Lipinski definition) is 13. The quantitative estimate of drug-likeness (QED) is 0.0728. The normalized spacial score (nSPS) is 23.8. The molecule has 3 rings (SSSR count). The Bertz CT molecular complexity index is 2120. The van der Waals surface area contributed by atoms with Gasteiger partial charge in [-0.2, -0.15) is 11.8 Å². The summed E-state index contributed by atoms with van der Waals surface area (Å²) >= 11 is 1.15. The van der Waals surface area contributed by atoms with Gasteiger partial charge in [-0.05, 0) is 67.4 Å². The molecule has 0 aliphatic carbocycles. The van der Waals surface area contributed by atoms with E-state index >= 15 is 0 Å². The van der Waals surface area contributed by atoms with E-state index in [9.17, 15) is 52.7 Å². The van der Waals surface area contributed by atoms with Gasteiger partial charge in [0.25, 0.3) is 0 Å². The van der Waals surface area contributed by atoms with E-state index in [1.54, 1.807) is 52.0 Å². The van der Waals surface area contributed by atoms with Crippen LogP contribution in [-0.2, 0) is 59.2 Å². The Morgan fingerprint density at radius 3 is 2.10 bits per heavy atom. The fraction of sp³-hybridized carbons (Fsp3) is 0.622. The van der Waals surface area contributed by atoms with Crippen LogP contribution in [0.3, 0.4) is 0 Å². The number of nitrogens with one attached hydrogen (secondary N) is 7. The van der Waals surface area contributed by atoms with Crippen LogP contribution in [-0.4, -0.2) is 144 Å². The number of benzene rings is 1. The Morgan fingerprint density at radius 1 is 0.841 bits per heavy atom. The molecule has 0 saturated carbocycles. The van der Waals surface area contributed by atoms with Gasteiger partial charge in [-0.3, -0.25) is 52.7 Å². The second-order valence-corrected chi connectivity index (χ2v) is 18.6. The molecule has 2 heterocycles. The molecule has 1 aromatic carbocycles. The van der Waals surface area contributed by atoms with E-state index in [0.717, 1.165) is 11.8 Å². The number of carbonyl (C=O) groups excluding carboxylic acids is 11. The van der Waals surface area contributed by atoms with Crippen LogP contribution >= 0.6 is 11.8 Å². The number of carbonyl (C=O) groups is 11. The Kier molecular flexibility index (Phi) is 21.8. The molecule has 0 spiro atoms. The number of nitrogens with zero attached hydrogens (tertiary/aromatic N) is 1.